The molecular weight excluding hydrogens is 338 g/mol. The third-order valence-corrected chi connectivity index (χ3v) is 5.78. The summed E-state index contributed by atoms with van der Waals surface area (Å²) in [7, 11) is -3.49. The van der Waals surface area contributed by atoms with E-state index >= 15 is 0 Å². The number of sulfonamides is 1. The van der Waals surface area contributed by atoms with Gasteiger partial charge >= 0.3 is 5.97 Å². The molecule has 2 rings (SSSR count). The fraction of sp³-hybridized carbons (Fsp3) is 0.421. The van der Waals surface area contributed by atoms with E-state index in [2.05, 4.69) is 10.8 Å². The van der Waals surface area contributed by atoms with E-state index < -0.39 is 16.0 Å². The number of hydrogen-bond acceptors (Lipinski definition) is 3. The Morgan fingerprint density at radius 3 is 2.68 bits per heavy atom. The van der Waals surface area contributed by atoms with Crippen LogP contribution < -0.4 is 4.72 Å². The standard InChI is InChI=1S/C19H25NO4S/c1-15-10-12-18(13-11-15)25(23,24)20-14-17-8-5-7-16(17)6-3-2-4-9-19(21)22/h2-3,7,10-13,17,20H,4-6,8-9,14H2,1H3,(H,21,22)/b3-2-/t17-/m1/s1. The topological polar surface area (TPSA) is 83.5 Å². The molecule has 0 amide bonds. The number of carboxylic acids is 1. The molecule has 1 aliphatic rings. The second-order valence-corrected chi connectivity index (χ2v) is 8.09. The van der Waals surface area contributed by atoms with Crippen LogP contribution in [0.15, 0.2) is 53.0 Å². The maximum absolute atomic E-state index is 12.4. The summed E-state index contributed by atoms with van der Waals surface area (Å²) in [6.07, 6.45) is 9.30. The average molecular weight is 363 g/mol. The Morgan fingerprint density at radius 1 is 1.28 bits per heavy atom. The summed E-state index contributed by atoms with van der Waals surface area (Å²) in [4.78, 5) is 10.8. The molecule has 1 aromatic rings. The molecule has 0 heterocycles. The molecule has 0 unspecified atom stereocenters. The first kappa shape index (κ1) is 19.4. The van der Waals surface area contributed by atoms with Crippen molar-refractivity contribution >= 4 is 16.0 Å². The Morgan fingerprint density at radius 2 is 2.00 bits per heavy atom. The highest BCUT2D eigenvalue weighted by molar-refractivity contribution is 7.89. The first-order valence-electron chi connectivity index (χ1n) is 8.50. The molecule has 0 aromatic heterocycles. The van der Waals surface area contributed by atoms with E-state index in [1.165, 1.54) is 5.57 Å². The molecule has 136 valence electrons. The van der Waals surface area contributed by atoms with E-state index in [0.29, 0.717) is 13.0 Å². The van der Waals surface area contributed by atoms with Crippen molar-refractivity contribution in [3.63, 3.8) is 0 Å². The highest BCUT2D eigenvalue weighted by Crippen LogP contribution is 2.28. The van der Waals surface area contributed by atoms with Gasteiger partial charge in [0.1, 0.15) is 0 Å². The van der Waals surface area contributed by atoms with E-state index in [-0.39, 0.29) is 17.2 Å². The van der Waals surface area contributed by atoms with Crippen molar-refractivity contribution in [3.8, 4) is 0 Å². The van der Waals surface area contributed by atoms with Crippen molar-refractivity contribution in [1.29, 1.82) is 0 Å². The van der Waals surface area contributed by atoms with Crippen molar-refractivity contribution in [3.05, 3.63) is 53.6 Å². The molecule has 1 aliphatic carbocycles. The molecule has 0 spiro atoms. The number of nitrogens with one attached hydrogen (secondary N) is 1. The zero-order valence-corrected chi connectivity index (χ0v) is 15.3. The van der Waals surface area contributed by atoms with Crippen LogP contribution in [0.1, 0.15) is 37.7 Å². The number of aryl methyl sites for hydroxylation is 1. The van der Waals surface area contributed by atoms with E-state index in [9.17, 15) is 13.2 Å². The summed E-state index contributed by atoms with van der Waals surface area (Å²) >= 11 is 0. The predicted molar refractivity (Wildman–Crippen MR) is 97.8 cm³/mol. The molecule has 2 N–H and O–H groups in total. The molecule has 0 saturated heterocycles. The highest BCUT2D eigenvalue weighted by Gasteiger charge is 2.21. The van der Waals surface area contributed by atoms with E-state index in [4.69, 9.17) is 5.11 Å². The summed E-state index contributed by atoms with van der Waals surface area (Å²) in [5.41, 5.74) is 2.24. The molecule has 0 radical (unpaired) electrons. The normalized spacial score (nSPS) is 17.8. The second kappa shape index (κ2) is 8.97. The Balaban J connectivity index is 1.86. The quantitative estimate of drug-likeness (QED) is 0.659. The largest absolute Gasteiger partial charge is 0.481 e. The van der Waals surface area contributed by atoms with Gasteiger partial charge in [-0.05, 0) is 50.7 Å². The summed E-state index contributed by atoms with van der Waals surface area (Å²) in [6.45, 7) is 2.31. The van der Waals surface area contributed by atoms with Crippen LogP contribution >= 0.6 is 0 Å². The molecule has 0 aliphatic heterocycles. The number of rotatable bonds is 9. The third-order valence-electron chi connectivity index (χ3n) is 4.34. The van der Waals surface area contributed by atoms with Crippen molar-refractivity contribution in [1.82, 2.24) is 4.72 Å². The zero-order valence-electron chi connectivity index (χ0n) is 14.4. The molecule has 25 heavy (non-hydrogen) atoms. The molecular formula is C19H25NO4S. The first-order valence-corrected chi connectivity index (χ1v) is 9.99. The smallest absolute Gasteiger partial charge is 0.303 e. The minimum Gasteiger partial charge on any atom is -0.481 e. The molecule has 0 fully saturated rings. The number of carboxylic acid groups (broad SMARTS) is 1. The summed E-state index contributed by atoms with van der Waals surface area (Å²) in [6, 6.07) is 6.82. The highest BCUT2D eigenvalue weighted by atomic mass is 32.2. The lowest BCUT2D eigenvalue weighted by molar-refractivity contribution is -0.136. The van der Waals surface area contributed by atoms with E-state index in [1.807, 2.05) is 19.1 Å². The first-order chi connectivity index (χ1) is 11.9. The molecule has 1 aromatic carbocycles. The van der Waals surface area contributed by atoms with E-state index in [0.717, 1.165) is 24.8 Å². The monoisotopic (exact) mass is 363 g/mol. The summed E-state index contributed by atoms with van der Waals surface area (Å²) in [5.74, 6) is -0.600. The molecule has 0 saturated carbocycles. The SMILES string of the molecule is Cc1ccc(S(=O)(=O)NC[C@H]2CCC=C2C/C=C\CCC(=O)O)cc1. The maximum Gasteiger partial charge on any atom is 0.303 e. The van der Waals surface area contributed by atoms with Gasteiger partial charge in [-0.1, -0.05) is 41.5 Å². The lowest BCUT2D eigenvalue weighted by Crippen LogP contribution is -2.29. The van der Waals surface area contributed by atoms with Gasteiger partial charge in [0.15, 0.2) is 0 Å². The van der Waals surface area contributed by atoms with Gasteiger partial charge in [0, 0.05) is 13.0 Å². The van der Waals surface area contributed by atoms with Crippen LogP contribution in [0.3, 0.4) is 0 Å². The van der Waals surface area contributed by atoms with Crippen LogP contribution in [0.25, 0.3) is 0 Å². The average Bonchev–Trinajstić information content (AvgIpc) is 3.00. The predicted octanol–water partition coefficient (Wildman–Crippen LogP) is 3.42. The Bertz CT molecular complexity index is 748. The van der Waals surface area contributed by atoms with Gasteiger partial charge in [-0.3, -0.25) is 4.79 Å². The minimum atomic E-state index is -3.49. The number of benzene rings is 1. The van der Waals surface area contributed by atoms with Crippen LogP contribution in [0.2, 0.25) is 0 Å². The summed E-state index contributed by atoms with van der Waals surface area (Å²) in [5, 5.41) is 8.61. The number of hydrogen-bond donors (Lipinski definition) is 2. The second-order valence-electron chi connectivity index (χ2n) is 6.33. The van der Waals surface area contributed by atoms with Crippen molar-refractivity contribution < 1.29 is 18.3 Å². The van der Waals surface area contributed by atoms with Gasteiger partial charge in [-0.15, -0.1) is 0 Å². The van der Waals surface area contributed by atoms with Gasteiger partial charge < -0.3 is 5.11 Å². The van der Waals surface area contributed by atoms with Gasteiger partial charge in [-0.25, -0.2) is 13.1 Å². The van der Waals surface area contributed by atoms with Crippen molar-refractivity contribution in [2.45, 2.75) is 43.9 Å². The minimum absolute atomic E-state index is 0.134. The molecule has 1 atom stereocenters. The number of allylic oxidation sites excluding steroid dienone is 3. The Labute approximate surface area is 149 Å². The molecule has 6 heteroatoms. The van der Waals surface area contributed by atoms with Gasteiger partial charge in [-0.2, -0.15) is 0 Å². The van der Waals surface area contributed by atoms with Crippen LogP contribution in [0.4, 0.5) is 0 Å². The van der Waals surface area contributed by atoms with Crippen LogP contribution in [0.5, 0.6) is 0 Å². The number of carbonyl (C=O) groups is 1. The van der Waals surface area contributed by atoms with Crippen molar-refractivity contribution in [2.75, 3.05) is 6.54 Å². The fourth-order valence-corrected chi connectivity index (χ4v) is 3.94. The Kier molecular flexibility index (Phi) is 6.96. The van der Waals surface area contributed by atoms with Crippen LogP contribution in [-0.4, -0.2) is 26.0 Å². The maximum atomic E-state index is 12.4. The molecule has 5 nitrogen and oxygen atoms in total. The molecule has 0 bridgehead atoms. The lowest BCUT2D eigenvalue weighted by atomic mass is 9.99. The summed E-state index contributed by atoms with van der Waals surface area (Å²) < 4.78 is 27.5. The Hall–Kier alpha value is -1.92. The van der Waals surface area contributed by atoms with Crippen LogP contribution in [-0.2, 0) is 14.8 Å². The van der Waals surface area contributed by atoms with Gasteiger partial charge in [0.2, 0.25) is 10.0 Å². The van der Waals surface area contributed by atoms with E-state index in [1.54, 1.807) is 24.3 Å². The third kappa shape index (κ3) is 6.14. The van der Waals surface area contributed by atoms with Crippen LogP contribution in [0, 0.1) is 12.8 Å². The number of aliphatic carboxylic acids is 1. The lowest BCUT2D eigenvalue weighted by Gasteiger charge is -2.15. The fourth-order valence-electron chi connectivity index (χ4n) is 2.86. The van der Waals surface area contributed by atoms with Crippen molar-refractivity contribution in [2.24, 2.45) is 5.92 Å². The van der Waals surface area contributed by atoms with Gasteiger partial charge in [0.05, 0.1) is 4.90 Å². The van der Waals surface area contributed by atoms with Gasteiger partial charge in [0.25, 0.3) is 0 Å². The zero-order chi connectivity index (χ0) is 18.3.